The number of hydrogen-bond acceptors (Lipinski definition) is 5. The van der Waals surface area contributed by atoms with Gasteiger partial charge >= 0.3 is 0 Å². The molecular formula is C20H18BrNO5. The molecule has 140 valence electrons. The molecule has 2 N–H and O–H groups in total. The zero-order chi connectivity index (χ0) is 19.4. The van der Waals surface area contributed by atoms with Crippen LogP contribution >= 0.6 is 15.9 Å². The number of benzene rings is 2. The first kappa shape index (κ1) is 19.0. The van der Waals surface area contributed by atoms with Crippen molar-refractivity contribution < 1.29 is 23.8 Å². The van der Waals surface area contributed by atoms with Gasteiger partial charge in [0.1, 0.15) is 29.6 Å². The Morgan fingerprint density at radius 3 is 2.44 bits per heavy atom. The van der Waals surface area contributed by atoms with Gasteiger partial charge in [-0.15, -0.1) is 0 Å². The lowest BCUT2D eigenvalue weighted by Crippen LogP contribution is -2.12. The average molecular weight is 432 g/mol. The number of furan rings is 1. The molecule has 0 aliphatic carbocycles. The van der Waals surface area contributed by atoms with Crippen LogP contribution in [0.25, 0.3) is 11.3 Å². The first-order valence-electron chi connectivity index (χ1n) is 8.08. The van der Waals surface area contributed by atoms with Crippen molar-refractivity contribution in [1.82, 2.24) is 0 Å². The monoisotopic (exact) mass is 431 g/mol. The van der Waals surface area contributed by atoms with E-state index < -0.39 is 0 Å². The summed E-state index contributed by atoms with van der Waals surface area (Å²) in [6.07, 6.45) is 0. The molecule has 0 radical (unpaired) electrons. The second-order valence-corrected chi connectivity index (χ2v) is 6.50. The van der Waals surface area contributed by atoms with Crippen LogP contribution in [-0.2, 0) is 6.61 Å². The van der Waals surface area contributed by atoms with E-state index in [0.717, 1.165) is 0 Å². The van der Waals surface area contributed by atoms with Gasteiger partial charge in [0.2, 0.25) is 0 Å². The molecule has 2 aromatic carbocycles. The van der Waals surface area contributed by atoms with Gasteiger partial charge in [-0.3, -0.25) is 4.79 Å². The fraction of sp³-hybridized carbons (Fsp3) is 0.150. The maximum absolute atomic E-state index is 12.6. The highest BCUT2D eigenvalue weighted by molar-refractivity contribution is 9.10. The molecule has 0 saturated heterocycles. The third-order valence-electron chi connectivity index (χ3n) is 3.95. The largest absolute Gasteiger partial charge is 0.496 e. The molecule has 0 spiro atoms. The Morgan fingerprint density at radius 1 is 1.07 bits per heavy atom. The lowest BCUT2D eigenvalue weighted by molar-refractivity contribution is 0.102. The lowest BCUT2D eigenvalue weighted by atomic mass is 10.1. The van der Waals surface area contributed by atoms with Crippen LogP contribution in [0.2, 0.25) is 0 Å². The molecule has 0 fully saturated rings. The molecule has 0 atom stereocenters. The number of carbonyl (C=O) groups excluding carboxylic acids is 1. The summed E-state index contributed by atoms with van der Waals surface area (Å²) in [6.45, 7) is -0.189. The Kier molecular flexibility index (Phi) is 5.83. The van der Waals surface area contributed by atoms with Gasteiger partial charge in [0.05, 0.1) is 24.3 Å². The average Bonchev–Trinajstić information content (AvgIpc) is 3.17. The highest BCUT2D eigenvalue weighted by Crippen LogP contribution is 2.34. The van der Waals surface area contributed by atoms with Crippen molar-refractivity contribution in [3.05, 3.63) is 64.3 Å². The Bertz CT molecular complexity index is 967. The number of rotatable bonds is 6. The van der Waals surface area contributed by atoms with E-state index in [-0.39, 0.29) is 12.5 Å². The summed E-state index contributed by atoms with van der Waals surface area (Å²) in [6, 6.07) is 13.8. The molecule has 27 heavy (non-hydrogen) atoms. The van der Waals surface area contributed by atoms with Crippen molar-refractivity contribution in [3.8, 4) is 22.8 Å². The fourth-order valence-corrected chi connectivity index (χ4v) is 3.14. The number of nitrogens with one attached hydrogen (secondary N) is 1. The molecule has 0 unspecified atom stereocenters. The first-order valence-corrected chi connectivity index (χ1v) is 8.88. The summed E-state index contributed by atoms with van der Waals surface area (Å²) in [4.78, 5) is 12.6. The van der Waals surface area contributed by atoms with Gasteiger partial charge in [-0.25, -0.2) is 0 Å². The molecule has 3 rings (SSSR count). The maximum atomic E-state index is 12.6. The van der Waals surface area contributed by atoms with Crippen LogP contribution in [0.3, 0.4) is 0 Å². The molecule has 0 bridgehead atoms. The zero-order valence-electron chi connectivity index (χ0n) is 14.8. The highest BCUT2D eigenvalue weighted by atomic mass is 79.9. The quantitative estimate of drug-likeness (QED) is 0.601. The molecule has 0 aliphatic rings. The van der Waals surface area contributed by atoms with Gasteiger partial charge in [0.25, 0.3) is 5.91 Å². The Morgan fingerprint density at radius 2 is 1.81 bits per heavy atom. The van der Waals surface area contributed by atoms with E-state index in [1.165, 1.54) is 0 Å². The van der Waals surface area contributed by atoms with Crippen molar-refractivity contribution >= 4 is 27.5 Å². The summed E-state index contributed by atoms with van der Waals surface area (Å²) in [5, 5.41) is 12.0. The predicted molar refractivity (Wildman–Crippen MR) is 105 cm³/mol. The van der Waals surface area contributed by atoms with Gasteiger partial charge in [-0.05, 0) is 64.5 Å². The normalized spacial score (nSPS) is 10.5. The second-order valence-electron chi connectivity index (χ2n) is 5.64. The van der Waals surface area contributed by atoms with Crippen LogP contribution in [0.1, 0.15) is 16.1 Å². The van der Waals surface area contributed by atoms with E-state index in [0.29, 0.717) is 44.3 Å². The minimum Gasteiger partial charge on any atom is -0.496 e. The Hall–Kier alpha value is -2.77. The Balaban J connectivity index is 1.87. The van der Waals surface area contributed by atoms with Crippen molar-refractivity contribution in [1.29, 1.82) is 0 Å². The van der Waals surface area contributed by atoms with Crippen molar-refractivity contribution in [2.45, 2.75) is 6.61 Å². The van der Waals surface area contributed by atoms with E-state index in [2.05, 4.69) is 21.2 Å². The van der Waals surface area contributed by atoms with Gasteiger partial charge in [-0.2, -0.15) is 0 Å². The number of methoxy groups -OCH3 is 2. The van der Waals surface area contributed by atoms with E-state index in [4.69, 9.17) is 13.9 Å². The summed E-state index contributed by atoms with van der Waals surface area (Å²) >= 11 is 3.38. The second kappa shape index (κ2) is 8.28. The van der Waals surface area contributed by atoms with Crippen LogP contribution in [0.4, 0.5) is 5.69 Å². The van der Waals surface area contributed by atoms with Crippen molar-refractivity contribution in [2.24, 2.45) is 0 Å². The first-order chi connectivity index (χ1) is 13.0. The smallest absolute Gasteiger partial charge is 0.255 e. The Labute approximate surface area is 164 Å². The standard InChI is InChI=1S/C20H18BrNO5/c1-25-17-7-4-13(10-15(17)18-8-5-14(11-23)27-18)22-20(24)12-3-6-19(26-2)16(21)9-12/h3-10,23H,11H2,1-2H3,(H,22,24). The molecule has 6 nitrogen and oxygen atoms in total. The third-order valence-corrected chi connectivity index (χ3v) is 4.57. The molecule has 1 heterocycles. The van der Waals surface area contributed by atoms with Gasteiger partial charge in [-0.1, -0.05) is 0 Å². The van der Waals surface area contributed by atoms with E-state index in [1.807, 2.05) is 0 Å². The van der Waals surface area contributed by atoms with Crippen molar-refractivity contribution in [3.63, 3.8) is 0 Å². The molecule has 0 aliphatic heterocycles. The van der Waals surface area contributed by atoms with Crippen LogP contribution in [0.15, 0.2) is 57.4 Å². The molecule has 7 heteroatoms. The SMILES string of the molecule is COc1ccc(C(=O)Nc2ccc(OC)c(-c3ccc(CO)o3)c2)cc1Br. The lowest BCUT2D eigenvalue weighted by Gasteiger charge is -2.11. The van der Waals surface area contributed by atoms with Gasteiger partial charge < -0.3 is 24.3 Å². The highest BCUT2D eigenvalue weighted by Gasteiger charge is 2.14. The number of ether oxygens (including phenoxy) is 2. The summed E-state index contributed by atoms with van der Waals surface area (Å²) in [5.74, 6) is 1.98. The summed E-state index contributed by atoms with van der Waals surface area (Å²) < 4.78 is 16.8. The molecule has 1 aromatic heterocycles. The molecule has 0 saturated carbocycles. The number of amides is 1. The maximum Gasteiger partial charge on any atom is 0.255 e. The number of hydrogen-bond donors (Lipinski definition) is 2. The zero-order valence-corrected chi connectivity index (χ0v) is 16.4. The summed E-state index contributed by atoms with van der Waals surface area (Å²) in [7, 11) is 3.12. The van der Waals surface area contributed by atoms with Crippen LogP contribution < -0.4 is 14.8 Å². The van der Waals surface area contributed by atoms with E-state index >= 15 is 0 Å². The van der Waals surface area contributed by atoms with E-state index in [9.17, 15) is 9.90 Å². The minimum absolute atomic E-state index is 0.189. The predicted octanol–water partition coefficient (Wildman–Crippen LogP) is 4.47. The van der Waals surface area contributed by atoms with Crippen LogP contribution in [-0.4, -0.2) is 25.2 Å². The minimum atomic E-state index is -0.259. The van der Waals surface area contributed by atoms with Gasteiger partial charge in [0.15, 0.2) is 0 Å². The fourth-order valence-electron chi connectivity index (χ4n) is 2.60. The molecule has 3 aromatic rings. The third kappa shape index (κ3) is 4.15. The number of halogens is 1. The summed E-state index contributed by atoms with van der Waals surface area (Å²) in [5.41, 5.74) is 1.75. The van der Waals surface area contributed by atoms with Crippen molar-refractivity contribution in [2.75, 3.05) is 19.5 Å². The number of aliphatic hydroxyl groups is 1. The van der Waals surface area contributed by atoms with E-state index in [1.54, 1.807) is 62.8 Å². The molecule has 1 amide bonds. The number of aliphatic hydroxyl groups excluding tert-OH is 1. The van der Waals surface area contributed by atoms with Crippen LogP contribution in [0, 0.1) is 0 Å². The van der Waals surface area contributed by atoms with Gasteiger partial charge in [0, 0.05) is 11.3 Å². The number of carbonyl (C=O) groups is 1. The number of anilines is 1. The topological polar surface area (TPSA) is 80.9 Å². The van der Waals surface area contributed by atoms with Crippen LogP contribution in [0.5, 0.6) is 11.5 Å². The molecular weight excluding hydrogens is 414 g/mol.